The fraction of sp³-hybridized carbons (Fsp3) is 0.357. The first-order chi connectivity index (χ1) is 9.85. The van der Waals surface area contributed by atoms with Crippen LogP contribution in [0.2, 0.25) is 15.1 Å². The number of methoxy groups -OCH3 is 1. The Labute approximate surface area is 143 Å². The van der Waals surface area contributed by atoms with Crippen molar-refractivity contribution in [3.05, 3.63) is 32.8 Å². The molecule has 1 aromatic rings. The molecular weight excluding hydrogens is 355 g/mol. The van der Waals surface area contributed by atoms with Gasteiger partial charge in [0.2, 0.25) is 0 Å². The van der Waals surface area contributed by atoms with Gasteiger partial charge in [0.1, 0.15) is 0 Å². The molecule has 0 fully saturated rings. The highest BCUT2D eigenvalue weighted by Crippen LogP contribution is 2.29. The van der Waals surface area contributed by atoms with Crippen LogP contribution < -0.4 is 0 Å². The second-order valence-corrected chi connectivity index (χ2v) is 5.19. The first-order valence-electron chi connectivity index (χ1n) is 5.81. The molecule has 22 heavy (non-hydrogen) atoms. The number of carbonyl (C=O) groups is 3. The van der Waals surface area contributed by atoms with Gasteiger partial charge in [-0.05, 0) is 18.6 Å². The van der Waals surface area contributed by atoms with E-state index in [1.165, 1.54) is 19.2 Å². The zero-order chi connectivity index (χ0) is 16.0. The summed E-state index contributed by atoms with van der Waals surface area (Å²) in [6, 6.07) is 2.63. The molecule has 0 atom stereocenters. The number of carbonyl (C=O) groups excluding carboxylic acids is 3. The van der Waals surface area contributed by atoms with Gasteiger partial charge in [0.25, 0.3) is 0 Å². The minimum Gasteiger partial charge on any atom is -0.469 e. The Morgan fingerprint density at radius 2 is 1.50 bits per heavy atom. The highest BCUT2D eigenvalue weighted by molar-refractivity contribution is 6.42. The van der Waals surface area contributed by atoms with Gasteiger partial charge in [-0.15, -0.1) is 0 Å². The normalized spacial score (nSPS) is 9.64. The average Bonchev–Trinajstić information content (AvgIpc) is 2.36. The Morgan fingerprint density at radius 1 is 1.00 bits per heavy atom. The van der Waals surface area contributed by atoms with E-state index in [9.17, 15) is 14.4 Å². The van der Waals surface area contributed by atoms with Gasteiger partial charge < -0.3 is 9.47 Å². The molecule has 0 heterocycles. The molecule has 0 aliphatic carbocycles. The van der Waals surface area contributed by atoms with Crippen molar-refractivity contribution in [1.29, 1.82) is 0 Å². The molecule has 5 nitrogen and oxygen atoms in total. The Balaban J connectivity index is 0.00000441. The van der Waals surface area contributed by atoms with Gasteiger partial charge in [0.15, 0.2) is 0 Å². The molecule has 8 heteroatoms. The van der Waals surface area contributed by atoms with Crippen LogP contribution in [0.15, 0.2) is 12.1 Å². The number of rotatable bonds is 5. The molecule has 0 saturated heterocycles. The molecule has 0 aromatic heterocycles. The van der Waals surface area contributed by atoms with Gasteiger partial charge in [0, 0.05) is 17.9 Å². The maximum Gasteiger partial charge on any atom is 0.348 e. The van der Waals surface area contributed by atoms with Gasteiger partial charge in [-0.25, -0.2) is 4.79 Å². The molecule has 0 saturated carbocycles. The first kappa shape index (κ1) is 20.7. The zero-order valence-corrected chi connectivity index (χ0v) is 13.2. The summed E-state index contributed by atoms with van der Waals surface area (Å²) in [6.07, 6.45) is 0.160. The summed E-state index contributed by atoms with van der Waals surface area (Å²) in [5.41, 5.74) is -0.135. The Kier molecular flexibility index (Phi) is 9.09. The summed E-state index contributed by atoms with van der Waals surface area (Å²) in [6.45, 7) is 0. The third-order valence-electron chi connectivity index (χ3n) is 2.41. The molecule has 0 unspecified atom stereocenters. The molecule has 0 amide bonds. The average molecular weight is 370 g/mol. The van der Waals surface area contributed by atoms with E-state index in [1.807, 2.05) is 0 Å². The molecule has 0 spiro atoms. The van der Waals surface area contributed by atoms with Gasteiger partial charge >= 0.3 is 17.9 Å². The number of benzene rings is 1. The highest BCUT2D eigenvalue weighted by Gasteiger charge is 2.20. The molecule has 1 rings (SSSR count). The van der Waals surface area contributed by atoms with Crippen LogP contribution in [0.25, 0.3) is 0 Å². The van der Waals surface area contributed by atoms with E-state index in [4.69, 9.17) is 34.8 Å². The third-order valence-corrected chi connectivity index (χ3v) is 3.22. The molecular formula is C14H15Cl3O5. The third kappa shape index (κ3) is 6.22. The van der Waals surface area contributed by atoms with Gasteiger partial charge in [-0.3, -0.25) is 9.59 Å². The number of halogens is 3. The largest absolute Gasteiger partial charge is 0.469 e. The fourth-order valence-electron chi connectivity index (χ4n) is 1.42. The molecule has 0 radical (unpaired) electrons. The summed E-state index contributed by atoms with van der Waals surface area (Å²) in [5.74, 6) is -2.20. The lowest BCUT2D eigenvalue weighted by atomic mass is 10.2. The maximum absolute atomic E-state index is 11.8. The van der Waals surface area contributed by atoms with Gasteiger partial charge in [-0.1, -0.05) is 42.2 Å². The predicted octanol–water partition coefficient (Wildman–Crippen LogP) is 4.31. The van der Waals surface area contributed by atoms with Crippen molar-refractivity contribution in [2.24, 2.45) is 0 Å². The zero-order valence-electron chi connectivity index (χ0n) is 11.0. The number of esters is 3. The van der Waals surface area contributed by atoms with E-state index in [1.54, 1.807) is 0 Å². The molecule has 0 N–H and O–H groups in total. The minimum atomic E-state index is -0.968. The van der Waals surface area contributed by atoms with Crippen molar-refractivity contribution >= 4 is 52.7 Å². The van der Waals surface area contributed by atoms with E-state index >= 15 is 0 Å². The maximum atomic E-state index is 11.8. The summed E-state index contributed by atoms with van der Waals surface area (Å²) < 4.78 is 9.03. The van der Waals surface area contributed by atoms with E-state index in [0.717, 1.165) is 0 Å². The highest BCUT2D eigenvalue weighted by atomic mass is 35.5. The lowest BCUT2D eigenvalue weighted by molar-refractivity contribution is -0.141. The molecule has 0 bridgehead atoms. The Bertz CT molecular complexity index is 549. The first-order valence-corrected chi connectivity index (χ1v) is 6.95. The van der Waals surface area contributed by atoms with E-state index in [-0.39, 0.29) is 47.3 Å². The van der Waals surface area contributed by atoms with Crippen molar-refractivity contribution in [1.82, 2.24) is 0 Å². The lowest BCUT2D eigenvalue weighted by Crippen LogP contribution is -2.14. The summed E-state index contributed by atoms with van der Waals surface area (Å²) in [5, 5.41) is 0.227. The molecule has 0 aliphatic rings. The van der Waals surface area contributed by atoms with Gasteiger partial charge in [0.05, 0.1) is 22.7 Å². The Morgan fingerprint density at radius 3 is 2.00 bits per heavy atom. The van der Waals surface area contributed by atoms with Crippen LogP contribution in [0, 0.1) is 0 Å². The Hall–Kier alpha value is -1.30. The quantitative estimate of drug-likeness (QED) is 0.571. The van der Waals surface area contributed by atoms with Crippen LogP contribution in [-0.2, 0) is 19.1 Å². The van der Waals surface area contributed by atoms with Crippen molar-refractivity contribution in [3.8, 4) is 0 Å². The van der Waals surface area contributed by atoms with Crippen molar-refractivity contribution in [2.75, 3.05) is 7.11 Å². The van der Waals surface area contributed by atoms with Crippen LogP contribution in [0.1, 0.15) is 37.0 Å². The number of ether oxygens (including phenoxy) is 2. The monoisotopic (exact) mass is 368 g/mol. The summed E-state index contributed by atoms with van der Waals surface area (Å²) >= 11 is 17.4. The van der Waals surface area contributed by atoms with Gasteiger partial charge in [-0.2, -0.15) is 0 Å². The van der Waals surface area contributed by atoms with Crippen LogP contribution in [-0.4, -0.2) is 25.0 Å². The SMILES string of the molecule is C.COC(=O)CCCC(=O)OC(=O)c1c(Cl)cc(Cl)cc1Cl. The second kappa shape index (κ2) is 9.66. The number of hydrogen-bond donors (Lipinski definition) is 0. The molecule has 122 valence electrons. The summed E-state index contributed by atoms with van der Waals surface area (Å²) in [7, 11) is 1.24. The lowest BCUT2D eigenvalue weighted by Gasteiger charge is -2.07. The van der Waals surface area contributed by atoms with Crippen molar-refractivity contribution in [2.45, 2.75) is 26.7 Å². The van der Waals surface area contributed by atoms with Crippen molar-refractivity contribution < 1.29 is 23.9 Å². The minimum absolute atomic E-state index is 0. The predicted molar refractivity (Wildman–Crippen MR) is 84.5 cm³/mol. The molecule has 1 aromatic carbocycles. The standard InChI is InChI=1S/C13H11Cl3O5.CH4/c1-20-10(17)3-2-4-11(18)21-13(19)12-8(15)5-7(14)6-9(12)16;/h5-6H,2-4H2,1H3;1H4. The van der Waals surface area contributed by atoms with E-state index in [0.29, 0.717) is 0 Å². The van der Waals surface area contributed by atoms with Crippen LogP contribution in [0.5, 0.6) is 0 Å². The van der Waals surface area contributed by atoms with E-state index < -0.39 is 17.9 Å². The van der Waals surface area contributed by atoms with Crippen molar-refractivity contribution in [3.63, 3.8) is 0 Å². The van der Waals surface area contributed by atoms with E-state index in [2.05, 4.69) is 9.47 Å². The summed E-state index contributed by atoms with van der Waals surface area (Å²) in [4.78, 5) is 34.2. The van der Waals surface area contributed by atoms with Crippen LogP contribution in [0.3, 0.4) is 0 Å². The van der Waals surface area contributed by atoms with Crippen LogP contribution >= 0.6 is 34.8 Å². The van der Waals surface area contributed by atoms with Crippen LogP contribution in [0.4, 0.5) is 0 Å². The smallest absolute Gasteiger partial charge is 0.348 e. The number of hydrogen-bond acceptors (Lipinski definition) is 5. The fourth-order valence-corrected chi connectivity index (χ4v) is 2.39. The topological polar surface area (TPSA) is 69.7 Å². The second-order valence-electron chi connectivity index (χ2n) is 3.94. The molecule has 0 aliphatic heterocycles.